The van der Waals surface area contributed by atoms with E-state index in [4.69, 9.17) is 15.6 Å². The average Bonchev–Trinajstić information content (AvgIpc) is 2.53. The molecule has 1 rings (SSSR count). The molecule has 6 N–H and O–H groups in total. The molecule has 0 spiro atoms. The Morgan fingerprint density at radius 2 is 1.96 bits per heavy atom. The SMILES string of the molecule is NCCC(=O)N1CCCCCCO[C@H]([C@H](O)CO)[C@H](O)[C@H](O)C1. The summed E-state index contributed by atoms with van der Waals surface area (Å²) in [4.78, 5) is 13.6. The van der Waals surface area contributed by atoms with Crippen molar-refractivity contribution in [3.63, 3.8) is 0 Å². The number of nitrogens with two attached hydrogens (primary N) is 1. The van der Waals surface area contributed by atoms with Gasteiger partial charge in [0.25, 0.3) is 0 Å². The number of hydrogen-bond acceptors (Lipinski definition) is 7. The van der Waals surface area contributed by atoms with Gasteiger partial charge in [-0.1, -0.05) is 12.8 Å². The fraction of sp³-hybridized carbons (Fsp3) is 0.933. The molecule has 1 heterocycles. The Balaban J connectivity index is 2.81. The largest absolute Gasteiger partial charge is 0.394 e. The van der Waals surface area contributed by atoms with Gasteiger partial charge in [-0.3, -0.25) is 4.79 Å². The molecule has 4 atom stereocenters. The van der Waals surface area contributed by atoms with Gasteiger partial charge < -0.3 is 35.8 Å². The summed E-state index contributed by atoms with van der Waals surface area (Å²) in [5.74, 6) is -0.170. The zero-order valence-corrected chi connectivity index (χ0v) is 13.5. The Hall–Kier alpha value is -0.770. The average molecular weight is 334 g/mol. The summed E-state index contributed by atoms with van der Waals surface area (Å²) in [6.07, 6.45) is -1.51. The number of ether oxygens (including phenoxy) is 1. The summed E-state index contributed by atoms with van der Waals surface area (Å²) in [6, 6.07) is 0. The monoisotopic (exact) mass is 334 g/mol. The summed E-state index contributed by atoms with van der Waals surface area (Å²) in [6.45, 7) is 0.420. The molecule has 1 aliphatic rings. The lowest BCUT2D eigenvalue weighted by atomic mass is 10.0. The van der Waals surface area contributed by atoms with Crippen molar-refractivity contribution in [2.45, 2.75) is 56.5 Å². The number of β-amino-alcohol motifs (C(OH)–C–C–N with tert-alkyl or cyclic N) is 1. The smallest absolute Gasteiger partial charge is 0.223 e. The van der Waals surface area contributed by atoms with E-state index in [2.05, 4.69) is 0 Å². The molecule has 0 aromatic rings. The van der Waals surface area contributed by atoms with Crippen molar-refractivity contribution in [2.24, 2.45) is 5.73 Å². The summed E-state index contributed by atoms with van der Waals surface area (Å²) < 4.78 is 5.45. The lowest BCUT2D eigenvalue weighted by Crippen LogP contribution is -2.52. The molecular formula is C15H30N2O6. The molecule has 23 heavy (non-hydrogen) atoms. The van der Waals surface area contributed by atoms with Crippen LogP contribution in [0, 0.1) is 0 Å². The molecule has 0 aliphatic carbocycles. The second-order valence-electron chi connectivity index (χ2n) is 5.94. The fourth-order valence-electron chi connectivity index (χ4n) is 2.67. The van der Waals surface area contributed by atoms with E-state index >= 15 is 0 Å². The Kier molecular flexibility index (Phi) is 9.61. The van der Waals surface area contributed by atoms with E-state index in [0.29, 0.717) is 13.2 Å². The second kappa shape index (κ2) is 10.9. The highest BCUT2D eigenvalue weighted by Crippen LogP contribution is 2.15. The zero-order chi connectivity index (χ0) is 17.2. The van der Waals surface area contributed by atoms with Gasteiger partial charge in [0.05, 0.1) is 6.61 Å². The number of nitrogens with zero attached hydrogens (tertiary/aromatic N) is 1. The molecule has 0 aromatic heterocycles. The maximum Gasteiger partial charge on any atom is 0.223 e. The van der Waals surface area contributed by atoms with Gasteiger partial charge in [0.15, 0.2) is 0 Å². The highest BCUT2D eigenvalue weighted by molar-refractivity contribution is 5.76. The van der Waals surface area contributed by atoms with Crippen molar-refractivity contribution >= 4 is 5.91 Å². The molecule has 8 heteroatoms. The van der Waals surface area contributed by atoms with Crippen LogP contribution in [0.5, 0.6) is 0 Å². The van der Waals surface area contributed by atoms with E-state index in [-0.39, 0.29) is 25.4 Å². The number of hydrogen-bond donors (Lipinski definition) is 5. The second-order valence-corrected chi connectivity index (χ2v) is 5.94. The zero-order valence-electron chi connectivity index (χ0n) is 13.5. The van der Waals surface area contributed by atoms with E-state index in [1.165, 1.54) is 4.90 Å². The standard InChI is InChI=1S/C15H30N2O6/c16-6-5-13(21)17-7-3-1-2-4-8-23-15(12(20)10-18)14(22)11(19)9-17/h11-12,14-15,18-20,22H,1-10,16H2/t11-,12-,14-,15-/m1/s1. The van der Waals surface area contributed by atoms with Crippen LogP contribution in [0.15, 0.2) is 0 Å². The molecule has 1 fully saturated rings. The number of rotatable bonds is 4. The molecule has 0 unspecified atom stereocenters. The third-order valence-electron chi connectivity index (χ3n) is 4.05. The first kappa shape index (κ1) is 20.3. The number of amides is 1. The van der Waals surface area contributed by atoms with Crippen LogP contribution in [-0.2, 0) is 9.53 Å². The third kappa shape index (κ3) is 6.70. The van der Waals surface area contributed by atoms with Crippen LogP contribution < -0.4 is 5.73 Å². The number of carbonyl (C=O) groups is 1. The van der Waals surface area contributed by atoms with Gasteiger partial charge in [-0.15, -0.1) is 0 Å². The summed E-state index contributed by atoms with van der Waals surface area (Å²) in [7, 11) is 0. The molecule has 1 saturated heterocycles. The van der Waals surface area contributed by atoms with Crippen molar-refractivity contribution in [3.05, 3.63) is 0 Å². The normalized spacial score (nSPS) is 29.4. The maximum atomic E-state index is 12.1. The van der Waals surface area contributed by atoms with Gasteiger partial charge in [-0.05, 0) is 12.8 Å². The molecule has 8 nitrogen and oxygen atoms in total. The van der Waals surface area contributed by atoms with Gasteiger partial charge >= 0.3 is 0 Å². The molecule has 136 valence electrons. The van der Waals surface area contributed by atoms with E-state index in [1.54, 1.807) is 0 Å². The van der Waals surface area contributed by atoms with Crippen LogP contribution >= 0.6 is 0 Å². The van der Waals surface area contributed by atoms with Crippen LogP contribution in [0.25, 0.3) is 0 Å². The predicted molar refractivity (Wildman–Crippen MR) is 83.6 cm³/mol. The molecule has 0 radical (unpaired) electrons. The van der Waals surface area contributed by atoms with Crippen LogP contribution in [0.2, 0.25) is 0 Å². The van der Waals surface area contributed by atoms with E-state index < -0.39 is 31.0 Å². The number of carbonyl (C=O) groups excluding carboxylic acids is 1. The molecule has 0 saturated carbocycles. The Morgan fingerprint density at radius 1 is 1.26 bits per heavy atom. The Bertz CT molecular complexity index is 344. The lowest BCUT2D eigenvalue weighted by Gasteiger charge is -2.33. The van der Waals surface area contributed by atoms with Crippen molar-refractivity contribution in [3.8, 4) is 0 Å². The fourth-order valence-corrected chi connectivity index (χ4v) is 2.67. The first-order valence-electron chi connectivity index (χ1n) is 8.25. The number of aliphatic hydroxyl groups excluding tert-OH is 4. The summed E-state index contributed by atoms with van der Waals surface area (Å²) in [5.41, 5.74) is 5.41. The molecule has 1 aliphatic heterocycles. The highest BCUT2D eigenvalue weighted by atomic mass is 16.5. The van der Waals surface area contributed by atoms with Crippen molar-refractivity contribution < 1.29 is 30.0 Å². The highest BCUT2D eigenvalue weighted by Gasteiger charge is 2.34. The summed E-state index contributed by atoms with van der Waals surface area (Å²) >= 11 is 0. The minimum absolute atomic E-state index is 0.0575. The minimum Gasteiger partial charge on any atom is -0.394 e. The van der Waals surface area contributed by atoms with Crippen molar-refractivity contribution in [2.75, 3.05) is 32.8 Å². The van der Waals surface area contributed by atoms with Gasteiger partial charge in [0, 0.05) is 32.7 Å². The van der Waals surface area contributed by atoms with Crippen molar-refractivity contribution in [1.29, 1.82) is 0 Å². The van der Waals surface area contributed by atoms with Crippen molar-refractivity contribution in [1.82, 2.24) is 4.90 Å². The van der Waals surface area contributed by atoms with Crippen LogP contribution in [-0.4, -0.2) is 88.5 Å². The molecule has 0 aromatic carbocycles. The van der Waals surface area contributed by atoms with Crippen LogP contribution in [0.3, 0.4) is 0 Å². The molecule has 1 amide bonds. The first-order valence-corrected chi connectivity index (χ1v) is 8.25. The van der Waals surface area contributed by atoms with Gasteiger partial charge in [0.2, 0.25) is 5.91 Å². The van der Waals surface area contributed by atoms with Crippen LogP contribution in [0.1, 0.15) is 32.1 Å². The van der Waals surface area contributed by atoms with E-state index in [1.807, 2.05) is 0 Å². The van der Waals surface area contributed by atoms with Gasteiger partial charge in [-0.2, -0.15) is 0 Å². The Morgan fingerprint density at radius 3 is 2.61 bits per heavy atom. The third-order valence-corrected chi connectivity index (χ3v) is 4.05. The first-order chi connectivity index (χ1) is 11.0. The lowest BCUT2D eigenvalue weighted by molar-refractivity contribution is -0.152. The molecular weight excluding hydrogens is 304 g/mol. The molecule has 0 bridgehead atoms. The van der Waals surface area contributed by atoms with Gasteiger partial charge in [0.1, 0.15) is 24.4 Å². The predicted octanol–water partition coefficient (Wildman–Crippen LogP) is -1.80. The Labute approximate surface area is 136 Å². The quantitative estimate of drug-likeness (QED) is 0.409. The number of aliphatic hydroxyl groups is 4. The summed E-state index contributed by atoms with van der Waals surface area (Å²) in [5, 5.41) is 39.3. The minimum atomic E-state index is -1.40. The van der Waals surface area contributed by atoms with E-state index in [9.17, 15) is 20.1 Å². The van der Waals surface area contributed by atoms with Gasteiger partial charge in [-0.25, -0.2) is 0 Å². The van der Waals surface area contributed by atoms with Crippen LogP contribution in [0.4, 0.5) is 0 Å². The van der Waals surface area contributed by atoms with E-state index in [0.717, 1.165) is 25.7 Å². The topological polar surface area (TPSA) is 136 Å². The maximum absolute atomic E-state index is 12.1.